The van der Waals surface area contributed by atoms with Crippen molar-refractivity contribution in [2.24, 2.45) is 7.05 Å². The van der Waals surface area contributed by atoms with Crippen LogP contribution in [0.2, 0.25) is 0 Å². The fraction of sp³-hybridized carbons (Fsp3) is 0.317. The van der Waals surface area contributed by atoms with Gasteiger partial charge in [-0.3, -0.25) is 0 Å². The van der Waals surface area contributed by atoms with E-state index in [1.165, 1.54) is 39.2 Å². The Kier molecular flexibility index (Phi) is 9.95. The highest BCUT2D eigenvalue weighted by atomic mass is 15.4. The van der Waals surface area contributed by atoms with Crippen molar-refractivity contribution in [3.8, 4) is 45.0 Å². The van der Waals surface area contributed by atoms with Gasteiger partial charge >= 0.3 is 0 Å². The number of anilines is 2. The van der Waals surface area contributed by atoms with Crippen molar-refractivity contribution >= 4 is 11.4 Å². The summed E-state index contributed by atoms with van der Waals surface area (Å²) in [5, 5.41) is 17.7. The number of hydrogen-bond donors (Lipinski definition) is 0. The van der Waals surface area contributed by atoms with Gasteiger partial charge in [-0.2, -0.15) is 0 Å². The van der Waals surface area contributed by atoms with E-state index in [1.54, 1.807) is 0 Å². The minimum atomic E-state index is 0.405. The molecule has 2 aliphatic heterocycles. The molecule has 4 heterocycles. The molecule has 0 N–H and O–H groups in total. The smallest absolute Gasteiger partial charge is 0.123 e. The van der Waals surface area contributed by atoms with Crippen LogP contribution in [0.1, 0.15) is 59.6 Å². The fourth-order valence-electron chi connectivity index (χ4n) is 6.91. The summed E-state index contributed by atoms with van der Waals surface area (Å²) in [6.07, 6.45) is 0. The van der Waals surface area contributed by atoms with Crippen molar-refractivity contribution in [2.45, 2.75) is 80.2 Å². The molecule has 0 amide bonds. The first-order valence-corrected chi connectivity index (χ1v) is 17.6. The van der Waals surface area contributed by atoms with Gasteiger partial charge in [0.1, 0.15) is 11.4 Å². The Morgan fingerprint density at radius 3 is 1.59 bits per heavy atom. The van der Waals surface area contributed by atoms with E-state index >= 15 is 0 Å². The molecule has 0 spiro atoms. The number of aryl methyl sites for hydroxylation is 2. The molecule has 6 aromatic rings. The van der Waals surface area contributed by atoms with E-state index < -0.39 is 0 Å². The maximum atomic E-state index is 4.55. The van der Waals surface area contributed by atoms with Crippen LogP contribution in [0.25, 0.3) is 45.0 Å². The van der Waals surface area contributed by atoms with Gasteiger partial charge in [0, 0.05) is 72.4 Å². The maximum Gasteiger partial charge on any atom is 0.123 e. The topological polar surface area (TPSA) is 67.9 Å². The Morgan fingerprint density at radius 2 is 1.00 bits per heavy atom. The highest BCUT2D eigenvalue weighted by Gasteiger charge is 2.28. The van der Waals surface area contributed by atoms with E-state index in [0.29, 0.717) is 12.1 Å². The monoisotopic (exact) mass is 652 g/mol. The third-order valence-electron chi connectivity index (χ3n) is 9.27. The summed E-state index contributed by atoms with van der Waals surface area (Å²) in [5.74, 6) is 0. The standard InChI is InChI=1S/C20H22N4.C19H20N4.C2H6/c1-4-24-20-16-10-6-5-9-15(16)13-23(14(2)3)18-12-8-7-11-17(18)19(20)21-22-24;1-13(2)23-12-14-8-4-5-9-15(14)18-19(22(3)21-20-18)16-10-6-7-11-17(16)23;1-2/h5-12,14H,4,13H2,1-3H3;4-11,13H,12H2,1-3H3;1-2H3. The lowest BCUT2D eigenvalue weighted by atomic mass is 9.95. The zero-order valence-corrected chi connectivity index (χ0v) is 30.1. The normalized spacial score (nSPS) is 12.7. The lowest BCUT2D eigenvalue weighted by Crippen LogP contribution is -2.31. The zero-order chi connectivity index (χ0) is 34.7. The molecule has 49 heavy (non-hydrogen) atoms. The summed E-state index contributed by atoms with van der Waals surface area (Å²) >= 11 is 0. The van der Waals surface area contributed by atoms with Crippen molar-refractivity contribution < 1.29 is 0 Å². The molecule has 0 unspecified atom stereocenters. The van der Waals surface area contributed by atoms with Crippen molar-refractivity contribution in [1.82, 2.24) is 30.0 Å². The van der Waals surface area contributed by atoms with Gasteiger partial charge in [-0.05, 0) is 57.9 Å². The number of hydrogen-bond acceptors (Lipinski definition) is 6. The first kappa shape index (κ1) is 33.7. The van der Waals surface area contributed by atoms with Crippen molar-refractivity contribution in [3.05, 3.63) is 108 Å². The van der Waals surface area contributed by atoms with Crippen LogP contribution in [-0.2, 0) is 26.7 Å². The van der Waals surface area contributed by atoms with Gasteiger partial charge in [-0.25, -0.2) is 9.36 Å². The molecule has 0 radical (unpaired) electrons. The molecule has 0 saturated heterocycles. The summed E-state index contributed by atoms with van der Waals surface area (Å²) in [7, 11) is 1.96. The van der Waals surface area contributed by atoms with Crippen molar-refractivity contribution in [1.29, 1.82) is 0 Å². The summed E-state index contributed by atoms with van der Waals surface area (Å²) in [6.45, 7) is 17.7. The predicted molar refractivity (Wildman–Crippen MR) is 202 cm³/mol. The van der Waals surface area contributed by atoms with Gasteiger partial charge in [0.25, 0.3) is 0 Å². The minimum Gasteiger partial charge on any atom is -0.364 e. The van der Waals surface area contributed by atoms with Gasteiger partial charge in [0.15, 0.2) is 0 Å². The highest BCUT2D eigenvalue weighted by molar-refractivity contribution is 5.89. The quantitative estimate of drug-likeness (QED) is 0.190. The van der Waals surface area contributed by atoms with Crippen molar-refractivity contribution in [2.75, 3.05) is 9.80 Å². The van der Waals surface area contributed by atoms with E-state index in [2.05, 4.69) is 162 Å². The second-order valence-corrected chi connectivity index (χ2v) is 12.8. The van der Waals surface area contributed by atoms with Crippen LogP contribution in [0.3, 0.4) is 0 Å². The SMILES string of the molecule is CC.CC(C)N1Cc2ccccc2-c2nnn(C)c2-c2ccccc21.CCn1nnc2c1-c1ccccc1CN(C(C)C)c1ccccc1-2. The van der Waals surface area contributed by atoms with Crippen LogP contribution in [0, 0.1) is 0 Å². The van der Waals surface area contributed by atoms with E-state index in [-0.39, 0.29) is 0 Å². The van der Waals surface area contributed by atoms with Crippen LogP contribution < -0.4 is 9.80 Å². The molecule has 4 aromatic carbocycles. The Bertz CT molecular complexity index is 2040. The molecule has 0 aliphatic carbocycles. The molecule has 2 aromatic heterocycles. The lowest BCUT2D eigenvalue weighted by molar-refractivity contribution is 0.632. The average Bonchev–Trinajstić information content (AvgIpc) is 3.72. The molecule has 0 saturated carbocycles. The highest BCUT2D eigenvalue weighted by Crippen LogP contribution is 2.42. The van der Waals surface area contributed by atoms with Crippen LogP contribution >= 0.6 is 0 Å². The Balaban J connectivity index is 0.000000162. The molecule has 0 atom stereocenters. The summed E-state index contributed by atoms with van der Waals surface area (Å²) in [5.41, 5.74) is 14.0. The first-order chi connectivity index (χ1) is 23.9. The van der Waals surface area contributed by atoms with Crippen LogP contribution in [0.15, 0.2) is 97.1 Å². The molecule has 252 valence electrons. The molecule has 8 nitrogen and oxygen atoms in total. The van der Waals surface area contributed by atoms with E-state index in [0.717, 1.165) is 48.0 Å². The van der Waals surface area contributed by atoms with Crippen LogP contribution in [-0.4, -0.2) is 42.1 Å². The molecule has 8 rings (SSSR count). The average molecular weight is 653 g/mol. The molecular formula is C41H48N8. The fourth-order valence-corrected chi connectivity index (χ4v) is 6.91. The second-order valence-electron chi connectivity index (χ2n) is 12.8. The number of nitrogens with zero attached hydrogens (tertiary/aromatic N) is 8. The van der Waals surface area contributed by atoms with Gasteiger partial charge in [-0.1, -0.05) is 109 Å². The number of aromatic nitrogens is 6. The molecule has 2 aliphatic rings. The van der Waals surface area contributed by atoms with Crippen LogP contribution in [0.4, 0.5) is 11.4 Å². The molecule has 8 heteroatoms. The third-order valence-corrected chi connectivity index (χ3v) is 9.27. The number of para-hydroxylation sites is 2. The number of benzene rings is 4. The second kappa shape index (κ2) is 14.5. The predicted octanol–water partition coefficient (Wildman–Crippen LogP) is 9.26. The number of rotatable bonds is 3. The largest absolute Gasteiger partial charge is 0.364 e. The zero-order valence-electron chi connectivity index (χ0n) is 30.1. The molecular weight excluding hydrogens is 605 g/mol. The molecule has 0 fully saturated rings. The number of fused-ring (bicyclic) bond motifs is 10. The Labute approximate surface area is 291 Å². The van der Waals surface area contributed by atoms with E-state index in [9.17, 15) is 0 Å². The van der Waals surface area contributed by atoms with Gasteiger partial charge in [0.05, 0.1) is 11.4 Å². The van der Waals surface area contributed by atoms with Gasteiger partial charge in [0.2, 0.25) is 0 Å². The third kappa shape index (κ3) is 6.23. The van der Waals surface area contributed by atoms with Gasteiger partial charge < -0.3 is 9.80 Å². The Hall–Kier alpha value is -5.24. The summed E-state index contributed by atoms with van der Waals surface area (Å²) < 4.78 is 3.89. The lowest BCUT2D eigenvalue weighted by Gasteiger charge is -2.33. The van der Waals surface area contributed by atoms with E-state index in [1.807, 2.05) is 30.3 Å². The van der Waals surface area contributed by atoms with Crippen LogP contribution in [0.5, 0.6) is 0 Å². The summed E-state index contributed by atoms with van der Waals surface area (Å²) in [6, 6.07) is 35.0. The first-order valence-electron chi connectivity index (χ1n) is 17.6. The maximum absolute atomic E-state index is 4.55. The van der Waals surface area contributed by atoms with Gasteiger partial charge in [-0.15, -0.1) is 10.2 Å². The Morgan fingerprint density at radius 1 is 0.551 bits per heavy atom. The molecule has 0 bridgehead atoms. The summed E-state index contributed by atoms with van der Waals surface area (Å²) in [4.78, 5) is 4.90. The minimum absolute atomic E-state index is 0.405. The van der Waals surface area contributed by atoms with Crippen molar-refractivity contribution in [3.63, 3.8) is 0 Å². The van der Waals surface area contributed by atoms with E-state index in [4.69, 9.17) is 0 Å².